The number of halogens is 1. The Balaban J connectivity index is 0.00000144. The SMILES string of the molecule is CN1CCN=C1NCCN1CCCOCC1.I. The van der Waals surface area contributed by atoms with Gasteiger partial charge in [0, 0.05) is 46.4 Å². The summed E-state index contributed by atoms with van der Waals surface area (Å²) in [5.74, 6) is 1.05. The normalized spacial score (nSPS) is 21.7. The summed E-state index contributed by atoms with van der Waals surface area (Å²) in [7, 11) is 2.08. The number of guanidine groups is 1. The Kier molecular flexibility index (Phi) is 7.14. The van der Waals surface area contributed by atoms with Crippen molar-refractivity contribution < 1.29 is 4.74 Å². The summed E-state index contributed by atoms with van der Waals surface area (Å²) in [4.78, 5) is 9.03. The van der Waals surface area contributed by atoms with Crippen molar-refractivity contribution in [3.05, 3.63) is 0 Å². The molecule has 1 N–H and O–H groups in total. The highest BCUT2D eigenvalue weighted by molar-refractivity contribution is 14.0. The molecule has 0 spiro atoms. The quantitative estimate of drug-likeness (QED) is 0.737. The number of hydrogen-bond acceptors (Lipinski definition) is 5. The lowest BCUT2D eigenvalue weighted by atomic mass is 10.4. The molecule has 0 atom stereocenters. The van der Waals surface area contributed by atoms with Crippen LogP contribution in [-0.4, -0.2) is 75.3 Å². The van der Waals surface area contributed by atoms with Gasteiger partial charge >= 0.3 is 0 Å². The minimum Gasteiger partial charge on any atom is -0.380 e. The van der Waals surface area contributed by atoms with Crippen molar-refractivity contribution in [1.82, 2.24) is 15.1 Å². The average Bonchev–Trinajstić information content (AvgIpc) is 2.55. The molecule has 0 aromatic carbocycles. The fourth-order valence-electron chi connectivity index (χ4n) is 2.07. The Morgan fingerprint density at radius 3 is 2.94 bits per heavy atom. The smallest absolute Gasteiger partial charge is 0.193 e. The van der Waals surface area contributed by atoms with Gasteiger partial charge in [-0.3, -0.25) is 9.89 Å². The maximum absolute atomic E-state index is 5.43. The van der Waals surface area contributed by atoms with E-state index in [4.69, 9.17) is 4.74 Å². The van der Waals surface area contributed by atoms with Crippen molar-refractivity contribution in [2.24, 2.45) is 4.99 Å². The second-order valence-electron chi connectivity index (χ2n) is 4.36. The van der Waals surface area contributed by atoms with Gasteiger partial charge in [0.05, 0.1) is 13.2 Å². The van der Waals surface area contributed by atoms with Crippen molar-refractivity contribution in [3.8, 4) is 0 Å². The van der Waals surface area contributed by atoms with Crippen LogP contribution in [0.5, 0.6) is 0 Å². The molecule has 100 valence electrons. The van der Waals surface area contributed by atoms with E-state index in [-0.39, 0.29) is 24.0 Å². The van der Waals surface area contributed by atoms with Crippen LogP contribution in [0.3, 0.4) is 0 Å². The van der Waals surface area contributed by atoms with Gasteiger partial charge in [-0.2, -0.15) is 0 Å². The van der Waals surface area contributed by atoms with Crippen molar-refractivity contribution in [1.29, 1.82) is 0 Å². The molecule has 1 saturated heterocycles. The molecule has 2 rings (SSSR count). The second kappa shape index (κ2) is 8.10. The summed E-state index contributed by atoms with van der Waals surface area (Å²) in [6.45, 7) is 8.03. The minimum absolute atomic E-state index is 0. The Labute approximate surface area is 121 Å². The molecule has 0 aliphatic carbocycles. The number of aliphatic imine (C=N–C) groups is 1. The summed E-state index contributed by atoms with van der Waals surface area (Å²) in [6.07, 6.45) is 1.15. The van der Waals surface area contributed by atoms with E-state index in [0.717, 1.165) is 64.9 Å². The standard InChI is InChI=1S/C11H22N4O.HI/c1-14-6-3-12-11(14)13-4-7-15-5-2-9-16-10-8-15;/h2-10H2,1H3,(H,12,13);1H. The Bertz CT molecular complexity index is 242. The first-order valence-corrected chi connectivity index (χ1v) is 6.16. The van der Waals surface area contributed by atoms with Gasteiger partial charge in [-0.25, -0.2) is 0 Å². The van der Waals surface area contributed by atoms with Crippen molar-refractivity contribution in [2.75, 3.05) is 59.5 Å². The zero-order valence-corrected chi connectivity index (χ0v) is 12.9. The van der Waals surface area contributed by atoms with E-state index in [1.54, 1.807) is 0 Å². The Morgan fingerprint density at radius 1 is 1.29 bits per heavy atom. The Morgan fingerprint density at radius 2 is 2.18 bits per heavy atom. The lowest BCUT2D eigenvalue weighted by Crippen LogP contribution is -2.40. The van der Waals surface area contributed by atoms with E-state index in [0.29, 0.717) is 0 Å². The molecular weight excluding hydrogens is 331 g/mol. The van der Waals surface area contributed by atoms with Crippen LogP contribution in [0.4, 0.5) is 0 Å². The third kappa shape index (κ3) is 4.97. The monoisotopic (exact) mass is 354 g/mol. The summed E-state index contributed by atoms with van der Waals surface area (Å²) in [5.41, 5.74) is 0. The summed E-state index contributed by atoms with van der Waals surface area (Å²) in [6, 6.07) is 0. The van der Waals surface area contributed by atoms with Crippen molar-refractivity contribution in [2.45, 2.75) is 6.42 Å². The number of nitrogens with zero attached hydrogens (tertiary/aromatic N) is 3. The highest BCUT2D eigenvalue weighted by Crippen LogP contribution is 1.98. The van der Waals surface area contributed by atoms with Gasteiger partial charge in [0.1, 0.15) is 0 Å². The molecule has 17 heavy (non-hydrogen) atoms. The lowest BCUT2D eigenvalue weighted by molar-refractivity contribution is 0.141. The molecule has 0 radical (unpaired) electrons. The zero-order valence-electron chi connectivity index (χ0n) is 10.5. The van der Waals surface area contributed by atoms with E-state index in [2.05, 4.69) is 27.2 Å². The molecule has 5 nitrogen and oxygen atoms in total. The van der Waals surface area contributed by atoms with Crippen LogP contribution in [0.15, 0.2) is 4.99 Å². The van der Waals surface area contributed by atoms with Crippen molar-refractivity contribution in [3.63, 3.8) is 0 Å². The zero-order chi connectivity index (χ0) is 11.2. The molecule has 0 bridgehead atoms. The molecule has 1 fully saturated rings. The van der Waals surface area contributed by atoms with Gasteiger partial charge in [0.15, 0.2) is 5.96 Å². The van der Waals surface area contributed by atoms with Crippen LogP contribution in [0, 0.1) is 0 Å². The summed E-state index contributed by atoms with van der Waals surface area (Å²) >= 11 is 0. The topological polar surface area (TPSA) is 40.1 Å². The molecule has 0 aromatic rings. The van der Waals surface area contributed by atoms with Gasteiger partial charge in [-0.1, -0.05) is 0 Å². The molecule has 6 heteroatoms. The van der Waals surface area contributed by atoms with Crippen LogP contribution in [0.2, 0.25) is 0 Å². The van der Waals surface area contributed by atoms with Crippen molar-refractivity contribution >= 4 is 29.9 Å². The maximum atomic E-state index is 5.43. The molecule has 0 unspecified atom stereocenters. The fourth-order valence-corrected chi connectivity index (χ4v) is 2.07. The van der Waals surface area contributed by atoms with Gasteiger partial charge < -0.3 is 15.0 Å². The van der Waals surface area contributed by atoms with E-state index in [1.165, 1.54) is 0 Å². The van der Waals surface area contributed by atoms with E-state index in [9.17, 15) is 0 Å². The van der Waals surface area contributed by atoms with Gasteiger partial charge in [-0.05, 0) is 6.42 Å². The first-order chi connectivity index (χ1) is 7.86. The molecule has 2 heterocycles. The third-order valence-electron chi connectivity index (χ3n) is 3.08. The van der Waals surface area contributed by atoms with E-state index in [1.807, 2.05) is 0 Å². The Hall–Kier alpha value is -0.0800. The fraction of sp³-hybridized carbons (Fsp3) is 0.909. The molecule has 2 aliphatic heterocycles. The van der Waals surface area contributed by atoms with E-state index < -0.39 is 0 Å². The van der Waals surface area contributed by atoms with Crippen LogP contribution in [0.1, 0.15) is 6.42 Å². The first kappa shape index (κ1) is 15.0. The minimum atomic E-state index is 0. The largest absolute Gasteiger partial charge is 0.380 e. The number of nitrogens with one attached hydrogen (secondary N) is 1. The van der Waals surface area contributed by atoms with E-state index >= 15 is 0 Å². The van der Waals surface area contributed by atoms with Crippen LogP contribution >= 0.6 is 24.0 Å². The van der Waals surface area contributed by atoms with Gasteiger partial charge in [0.25, 0.3) is 0 Å². The second-order valence-corrected chi connectivity index (χ2v) is 4.36. The van der Waals surface area contributed by atoms with Crippen LogP contribution in [-0.2, 0) is 4.74 Å². The third-order valence-corrected chi connectivity index (χ3v) is 3.08. The first-order valence-electron chi connectivity index (χ1n) is 6.16. The summed E-state index contributed by atoms with van der Waals surface area (Å²) < 4.78 is 5.43. The van der Waals surface area contributed by atoms with Crippen LogP contribution < -0.4 is 5.32 Å². The molecule has 0 amide bonds. The summed E-state index contributed by atoms with van der Waals surface area (Å²) in [5, 5.41) is 3.39. The molecule has 0 aromatic heterocycles. The van der Waals surface area contributed by atoms with Gasteiger partial charge in [0.2, 0.25) is 0 Å². The number of hydrogen-bond donors (Lipinski definition) is 1. The number of likely N-dealkylation sites (N-methyl/N-ethyl adjacent to an activating group) is 1. The number of ether oxygens (including phenoxy) is 1. The number of rotatable bonds is 3. The van der Waals surface area contributed by atoms with Gasteiger partial charge in [-0.15, -0.1) is 24.0 Å². The highest BCUT2D eigenvalue weighted by Gasteiger charge is 2.12. The molecule has 2 aliphatic rings. The maximum Gasteiger partial charge on any atom is 0.193 e. The highest BCUT2D eigenvalue weighted by atomic mass is 127. The predicted molar refractivity (Wildman–Crippen MR) is 80.2 cm³/mol. The lowest BCUT2D eigenvalue weighted by Gasteiger charge is -2.21. The van der Waals surface area contributed by atoms with Crippen LogP contribution in [0.25, 0.3) is 0 Å². The molecular formula is C11H23IN4O. The predicted octanol–water partition coefficient (Wildman–Crippen LogP) is 0.218. The average molecular weight is 354 g/mol. The molecule has 0 saturated carbocycles.